The second-order valence-corrected chi connectivity index (χ2v) is 5.29. The lowest BCUT2D eigenvalue weighted by molar-refractivity contribution is -0.385. The van der Waals surface area contributed by atoms with E-state index in [1.807, 2.05) is 36.4 Å². The largest absolute Gasteiger partial charge is 0.288 e. The molecule has 0 bridgehead atoms. The van der Waals surface area contributed by atoms with Crippen LogP contribution in [0.1, 0.15) is 0 Å². The third kappa shape index (κ3) is 3.75. The maximum atomic E-state index is 10.4. The molecule has 26 heavy (non-hydrogen) atoms. The highest BCUT2D eigenvalue weighted by Gasteiger charge is 2.06. The zero-order chi connectivity index (χ0) is 18.5. The number of benzene rings is 2. The van der Waals surface area contributed by atoms with E-state index >= 15 is 0 Å². The molecular weight excluding hydrogens is 336 g/mol. The van der Waals surface area contributed by atoms with Crippen molar-refractivity contribution >= 4 is 33.2 Å². The summed E-state index contributed by atoms with van der Waals surface area (Å²) in [7, 11) is 0. The van der Waals surface area contributed by atoms with Gasteiger partial charge in [-0.1, -0.05) is 36.4 Å². The summed E-state index contributed by atoms with van der Waals surface area (Å²) in [4.78, 5) is 27.9. The number of hydrogen-bond acceptors (Lipinski definition) is 6. The van der Waals surface area contributed by atoms with E-state index in [4.69, 9.17) is 0 Å². The first-order chi connectivity index (χ1) is 12.5. The molecular formula is C18H12N4O4. The molecule has 0 saturated heterocycles. The standard InChI is InChI=1S/2C9H6N2O2/c2*12-11(13)8-5-7-3-1-2-4-9(7)10-6-8/h2*1-6H. The molecule has 0 fully saturated rings. The van der Waals surface area contributed by atoms with Crippen molar-refractivity contribution in [1.29, 1.82) is 0 Å². The van der Waals surface area contributed by atoms with Crippen LogP contribution in [0.3, 0.4) is 0 Å². The highest BCUT2D eigenvalue weighted by molar-refractivity contribution is 5.80. The first-order valence-corrected chi connectivity index (χ1v) is 7.53. The van der Waals surface area contributed by atoms with Crippen LogP contribution in [-0.4, -0.2) is 19.8 Å². The Morgan fingerprint density at radius 1 is 0.654 bits per heavy atom. The fourth-order valence-electron chi connectivity index (χ4n) is 2.32. The molecule has 4 rings (SSSR count). The normalized spacial score (nSPS) is 10.2. The van der Waals surface area contributed by atoms with Crippen molar-refractivity contribution in [3.8, 4) is 0 Å². The van der Waals surface area contributed by atoms with E-state index in [9.17, 15) is 20.2 Å². The van der Waals surface area contributed by atoms with Gasteiger partial charge in [-0.2, -0.15) is 0 Å². The highest BCUT2D eigenvalue weighted by Crippen LogP contribution is 2.18. The van der Waals surface area contributed by atoms with Crippen LogP contribution in [0.5, 0.6) is 0 Å². The van der Waals surface area contributed by atoms with Crippen molar-refractivity contribution in [2.24, 2.45) is 0 Å². The van der Waals surface area contributed by atoms with Gasteiger partial charge in [0, 0.05) is 22.9 Å². The number of nitrogens with zero attached hydrogens (tertiary/aromatic N) is 4. The van der Waals surface area contributed by atoms with E-state index in [0.717, 1.165) is 21.8 Å². The van der Waals surface area contributed by atoms with Gasteiger partial charge in [-0.25, -0.2) is 9.97 Å². The van der Waals surface area contributed by atoms with Gasteiger partial charge >= 0.3 is 0 Å². The smallest absolute Gasteiger partial charge is 0.258 e. The molecule has 0 atom stereocenters. The van der Waals surface area contributed by atoms with Crippen LogP contribution in [0.25, 0.3) is 21.8 Å². The summed E-state index contributed by atoms with van der Waals surface area (Å²) in [6, 6.07) is 17.6. The fraction of sp³-hybridized carbons (Fsp3) is 0. The van der Waals surface area contributed by atoms with Crippen molar-refractivity contribution in [2.45, 2.75) is 0 Å². The van der Waals surface area contributed by atoms with Gasteiger partial charge in [0.05, 0.1) is 20.9 Å². The predicted molar refractivity (Wildman–Crippen MR) is 96.8 cm³/mol. The lowest BCUT2D eigenvalue weighted by atomic mass is 10.2. The second kappa shape index (κ2) is 7.31. The van der Waals surface area contributed by atoms with Crippen molar-refractivity contribution in [3.63, 3.8) is 0 Å². The van der Waals surface area contributed by atoms with Crippen molar-refractivity contribution < 1.29 is 9.85 Å². The molecule has 0 saturated carbocycles. The number of para-hydroxylation sites is 2. The molecule has 0 aliphatic rings. The number of pyridine rings is 2. The van der Waals surface area contributed by atoms with Crippen LogP contribution in [0.15, 0.2) is 73.1 Å². The number of nitro groups is 2. The van der Waals surface area contributed by atoms with E-state index in [2.05, 4.69) is 9.97 Å². The van der Waals surface area contributed by atoms with Gasteiger partial charge in [-0.3, -0.25) is 20.2 Å². The van der Waals surface area contributed by atoms with E-state index < -0.39 is 9.85 Å². The van der Waals surface area contributed by atoms with Gasteiger partial charge in [0.1, 0.15) is 12.4 Å². The van der Waals surface area contributed by atoms with E-state index in [1.165, 1.54) is 24.5 Å². The molecule has 2 aromatic carbocycles. The molecule has 0 N–H and O–H groups in total. The minimum Gasteiger partial charge on any atom is -0.258 e. The highest BCUT2D eigenvalue weighted by atomic mass is 16.6. The van der Waals surface area contributed by atoms with Gasteiger partial charge in [-0.05, 0) is 12.1 Å². The number of fused-ring (bicyclic) bond motifs is 2. The Labute approximate surface area is 147 Å². The Hall–Kier alpha value is -3.94. The third-order valence-corrected chi connectivity index (χ3v) is 3.57. The molecule has 0 spiro atoms. The Bertz CT molecular complexity index is 1030. The van der Waals surface area contributed by atoms with Crippen LogP contribution < -0.4 is 0 Å². The molecule has 0 amide bonds. The molecule has 0 aliphatic heterocycles. The molecule has 2 aromatic heterocycles. The summed E-state index contributed by atoms with van der Waals surface area (Å²) in [5.41, 5.74) is 1.60. The topological polar surface area (TPSA) is 112 Å². The van der Waals surface area contributed by atoms with E-state index in [-0.39, 0.29) is 11.4 Å². The Morgan fingerprint density at radius 2 is 1.04 bits per heavy atom. The average molecular weight is 348 g/mol. The van der Waals surface area contributed by atoms with Crippen molar-refractivity contribution in [1.82, 2.24) is 9.97 Å². The zero-order valence-corrected chi connectivity index (χ0v) is 13.4. The van der Waals surface area contributed by atoms with Crippen LogP contribution in [-0.2, 0) is 0 Å². The third-order valence-electron chi connectivity index (χ3n) is 3.57. The second-order valence-electron chi connectivity index (χ2n) is 5.29. The summed E-state index contributed by atoms with van der Waals surface area (Å²) >= 11 is 0. The molecule has 2 heterocycles. The number of hydrogen-bond donors (Lipinski definition) is 0. The maximum absolute atomic E-state index is 10.4. The SMILES string of the molecule is O=[N+]([O-])c1cnc2ccccc2c1.O=[N+]([O-])c1cnc2ccccc2c1. The lowest BCUT2D eigenvalue weighted by Gasteiger charge is -1.94. The molecule has 4 aromatic rings. The predicted octanol–water partition coefficient (Wildman–Crippen LogP) is 4.29. The summed E-state index contributed by atoms with van der Waals surface area (Å²) in [6.45, 7) is 0. The first-order valence-electron chi connectivity index (χ1n) is 7.53. The van der Waals surface area contributed by atoms with Gasteiger partial charge in [0.2, 0.25) is 0 Å². The molecule has 128 valence electrons. The van der Waals surface area contributed by atoms with Gasteiger partial charge in [0.15, 0.2) is 0 Å². The summed E-state index contributed by atoms with van der Waals surface area (Å²) in [6.07, 6.45) is 2.53. The van der Waals surface area contributed by atoms with Crippen molar-refractivity contribution in [2.75, 3.05) is 0 Å². The zero-order valence-electron chi connectivity index (χ0n) is 13.4. The van der Waals surface area contributed by atoms with Crippen LogP contribution >= 0.6 is 0 Å². The molecule has 0 unspecified atom stereocenters. The summed E-state index contributed by atoms with van der Waals surface area (Å²) in [5, 5.41) is 22.4. The minimum atomic E-state index is -0.445. The number of aromatic nitrogens is 2. The van der Waals surface area contributed by atoms with E-state index in [0.29, 0.717) is 0 Å². The monoisotopic (exact) mass is 348 g/mol. The van der Waals surface area contributed by atoms with Crippen LogP contribution in [0, 0.1) is 20.2 Å². The first kappa shape index (κ1) is 16.9. The molecule has 0 radical (unpaired) electrons. The Balaban J connectivity index is 0.000000151. The van der Waals surface area contributed by atoms with Crippen molar-refractivity contribution in [3.05, 3.63) is 93.3 Å². The van der Waals surface area contributed by atoms with Gasteiger partial charge in [0.25, 0.3) is 11.4 Å². The fourth-order valence-corrected chi connectivity index (χ4v) is 2.32. The van der Waals surface area contributed by atoms with Gasteiger partial charge < -0.3 is 0 Å². The Kier molecular flexibility index (Phi) is 4.75. The summed E-state index contributed by atoms with van der Waals surface area (Å²) in [5.74, 6) is 0. The molecule has 0 aliphatic carbocycles. The van der Waals surface area contributed by atoms with Gasteiger partial charge in [-0.15, -0.1) is 0 Å². The average Bonchev–Trinajstić information content (AvgIpc) is 2.67. The van der Waals surface area contributed by atoms with Crippen LogP contribution in [0.4, 0.5) is 11.4 Å². The molecule has 8 heteroatoms. The quantitative estimate of drug-likeness (QED) is 0.394. The van der Waals surface area contributed by atoms with Crippen LogP contribution in [0.2, 0.25) is 0 Å². The summed E-state index contributed by atoms with van der Waals surface area (Å²) < 4.78 is 0. The Morgan fingerprint density at radius 3 is 1.42 bits per heavy atom. The van der Waals surface area contributed by atoms with E-state index in [1.54, 1.807) is 12.1 Å². The maximum Gasteiger partial charge on any atom is 0.288 e. The lowest BCUT2D eigenvalue weighted by Crippen LogP contribution is -1.88. The molecule has 8 nitrogen and oxygen atoms in total. The number of rotatable bonds is 2. The minimum absolute atomic E-state index is 0.0266.